The summed E-state index contributed by atoms with van der Waals surface area (Å²) in [6.07, 6.45) is 5.17. The molecule has 5 heteroatoms. The number of fused-ring (bicyclic) bond motifs is 5. The van der Waals surface area contributed by atoms with Gasteiger partial charge in [0.2, 0.25) is 0 Å². The molecule has 4 fully saturated rings. The highest BCUT2D eigenvalue weighted by Gasteiger charge is 2.64. The normalized spacial score (nSPS) is 47.6. The van der Waals surface area contributed by atoms with E-state index in [0.717, 1.165) is 25.7 Å². The van der Waals surface area contributed by atoms with E-state index in [0.29, 0.717) is 24.7 Å². The molecule has 0 aromatic rings. The molecule has 4 aliphatic rings. The van der Waals surface area contributed by atoms with Gasteiger partial charge >= 0.3 is 5.97 Å². The van der Waals surface area contributed by atoms with Crippen molar-refractivity contribution < 1.29 is 24.9 Å². The highest BCUT2D eigenvalue weighted by Crippen LogP contribution is 2.65. The largest absolute Gasteiger partial charge is 0.462 e. The maximum Gasteiger partial charge on any atom is 0.309 e. The molecule has 183 valence electrons. The van der Waals surface area contributed by atoms with Crippen LogP contribution in [-0.4, -0.2) is 45.7 Å². The van der Waals surface area contributed by atoms with E-state index in [9.17, 15) is 20.1 Å². The van der Waals surface area contributed by atoms with Crippen LogP contribution in [0, 0.1) is 58.7 Å². The van der Waals surface area contributed by atoms with Crippen LogP contribution in [0.5, 0.6) is 0 Å². The molecule has 5 nitrogen and oxygen atoms in total. The van der Waals surface area contributed by atoms with Crippen molar-refractivity contribution >= 4 is 5.97 Å². The number of aliphatic hydroxyl groups excluding tert-OH is 3. The van der Waals surface area contributed by atoms with E-state index >= 15 is 0 Å². The average molecular weight is 450 g/mol. The second kappa shape index (κ2) is 8.53. The van der Waals surface area contributed by atoms with Gasteiger partial charge in [0.1, 0.15) is 6.10 Å². The highest BCUT2D eigenvalue weighted by molar-refractivity contribution is 5.75. The molecule has 0 bridgehead atoms. The third-order valence-corrected chi connectivity index (χ3v) is 10.9. The van der Waals surface area contributed by atoms with Crippen molar-refractivity contribution in [1.82, 2.24) is 0 Å². The lowest BCUT2D eigenvalue weighted by Crippen LogP contribution is -2.61. The van der Waals surface area contributed by atoms with Gasteiger partial charge in [-0.2, -0.15) is 0 Å². The molecule has 0 amide bonds. The topological polar surface area (TPSA) is 87.0 Å². The number of esters is 1. The fourth-order valence-electron chi connectivity index (χ4n) is 8.33. The van der Waals surface area contributed by atoms with Crippen LogP contribution in [0.1, 0.15) is 80.1 Å². The van der Waals surface area contributed by atoms with E-state index in [-0.39, 0.29) is 52.5 Å². The SMILES string of the molecule is CC(C)[C@H](C)[C@@H](O)[C@H](O)[C@@H](C)C1CCC2C3OC(=O)[C@H]4C[CH][C@@H](O)C[C@]4(C)C3CC[C@@]21C. The molecule has 3 aliphatic carbocycles. The number of carbonyl (C=O) groups is 1. The molecule has 1 aliphatic heterocycles. The van der Waals surface area contributed by atoms with Crippen molar-refractivity contribution in [3.8, 4) is 0 Å². The van der Waals surface area contributed by atoms with Crippen molar-refractivity contribution in [1.29, 1.82) is 0 Å². The molecule has 4 rings (SSSR count). The van der Waals surface area contributed by atoms with E-state index in [2.05, 4.69) is 34.6 Å². The van der Waals surface area contributed by atoms with Crippen LogP contribution in [0.4, 0.5) is 0 Å². The first kappa shape index (κ1) is 24.5. The van der Waals surface area contributed by atoms with Crippen LogP contribution in [-0.2, 0) is 9.53 Å². The second-order valence-electron chi connectivity index (χ2n) is 12.6. The van der Waals surface area contributed by atoms with Crippen LogP contribution < -0.4 is 0 Å². The predicted molar refractivity (Wildman–Crippen MR) is 123 cm³/mol. The Bertz CT molecular complexity index is 708. The lowest BCUT2D eigenvalue weighted by molar-refractivity contribution is -0.215. The summed E-state index contributed by atoms with van der Waals surface area (Å²) in [6, 6.07) is 0. The van der Waals surface area contributed by atoms with Gasteiger partial charge in [0.15, 0.2) is 0 Å². The van der Waals surface area contributed by atoms with Gasteiger partial charge in [0.05, 0.1) is 24.2 Å². The molecular formula is C27H45O5. The molecule has 1 saturated heterocycles. The van der Waals surface area contributed by atoms with Crippen molar-refractivity contribution in [2.45, 2.75) is 104 Å². The molecule has 0 aromatic carbocycles. The van der Waals surface area contributed by atoms with Crippen LogP contribution in [0.15, 0.2) is 0 Å². The molecule has 0 spiro atoms. The predicted octanol–water partition coefficient (Wildman–Crippen LogP) is 3.99. The van der Waals surface area contributed by atoms with Gasteiger partial charge < -0.3 is 20.1 Å². The van der Waals surface area contributed by atoms with E-state index in [4.69, 9.17) is 4.74 Å². The Labute approximate surface area is 194 Å². The van der Waals surface area contributed by atoms with Crippen LogP contribution in [0.3, 0.4) is 0 Å². The zero-order chi connectivity index (χ0) is 23.6. The first-order valence-electron chi connectivity index (χ1n) is 13.0. The minimum atomic E-state index is -0.745. The maximum absolute atomic E-state index is 13.0. The van der Waals surface area contributed by atoms with Crippen molar-refractivity contribution in [2.75, 3.05) is 0 Å². The number of ether oxygens (including phenoxy) is 1. The molecule has 0 aromatic heterocycles. The van der Waals surface area contributed by atoms with Crippen LogP contribution in [0.25, 0.3) is 0 Å². The highest BCUT2D eigenvalue weighted by atomic mass is 16.5. The molecule has 12 atom stereocenters. The molecule has 3 N–H and O–H groups in total. The van der Waals surface area contributed by atoms with Crippen molar-refractivity contribution in [2.24, 2.45) is 52.3 Å². The minimum absolute atomic E-state index is 0.00789. The summed E-state index contributed by atoms with van der Waals surface area (Å²) in [5.74, 6) is 0.994. The minimum Gasteiger partial charge on any atom is -0.462 e. The summed E-state index contributed by atoms with van der Waals surface area (Å²) in [5, 5.41) is 32.3. The standard InChI is InChI=1S/C27H45O5/c1-14(2)15(3)22(29)23(30)16(4)18-9-10-19-24-20(11-12-26(18,19)5)27(6)13-17(28)7-8-21(27)25(31)32-24/h7,14-24,28-30H,8-13H2,1-6H3/t15-,16-,17+,18?,19?,20?,21+,22+,23+,24?,26+,27+/m0/s1. The zero-order valence-electron chi connectivity index (χ0n) is 20.8. The summed E-state index contributed by atoms with van der Waals surface area (Å²) in [5.41, 5.74) is -0.215. The molecule has 1 radical (unpaired) electrons. The monoisotopic (exact) mass is 449 g/mol. The maximum atomic E-state index is 13.0. The van der Waals surface area contributed by atoms with E-state index in [1.54, 1.807) is 0 Å². The molecule has 32 heavy (non-hydrogen) atoms. The number of hydrogen-bond donors (Lipinski definition) is 3. The van der Waals surface area contributed by atoms with Crippen molar-refractivity contribution in [3.63, 3.8) is 0 Å². The Morgan fingerprint density at radius 1 is 1.00 bits per heavy atom. The Balaban J connectivity index is 1.55. The lowest BCUT2D eigenvalue weighted by atomic mass is 9.49. The van der Waals surface area contributed by atoms with E-state index in [1.165, 1.54) is 0 Å². The van der Waals surface area contributed by atoms with E-state index < -0.39 is 18.3 Å². The first-order valence-corrected chi connectivity index (χ1v) is 13.0. The summed E-state index contributed by atoms with van der Waals surface area (Å²) in [4.78, 5) is 13.0. The third kappa shape index (κ3) is 3.65. The smallest absolute Gasteiger partial charge is 0.309 e. The number of hydrogen-bond acceptors (Lipinski definition) is 5. The quantitative estimate of drug-likeness (QED) is 0.553. The molecular weight excluding hydrogens is 404 g/mol. The van der Waals surface area contributed by atoms with Gasteiger partial charge in [-0.15, -0.1) is 0 Å². The van der Waals surface area contributed by atoms with Gasteiger partial charge in [-0.25, -0.2) is 0 Å². The first-order chi connectivity index (χ1) is 14.9. The Morgan fingerprint density at radius 3 is 2.31 bits per heavy atom. The second-order valence-corrected chi connectivity index (χ2v) is 12.6. The lowest BCUT2D eigenvalue weighted by Gasteiger charge is -2.59. The zero-order valence-corrected chi connectivity index (χ0v) is 20.8. The summed E-state index contributed by atoms with van der Waals surface area (Å²) >= 11 is 0. The Kier molecular flexibility index (Phi) is 6.53. The Hall–Kier alpha value is -0.650. The van der Waals surface area contributed by atoms with Crippen LogP contribution >= 0.6 is 0 Å². The fraction of sp³-hybridized carbons (Fsp3) is 0.926. The average Bonchev–Trinajstić information content (AvgIpc) is 3.08. The van der Waals surface area contributed by atoms with Gasteiger partial charge in [-0.05, 0) is 79.4 Å². The van der Waals surface area contributed by atoms with Crippen molar-refractivity contribution in [3.05, 3.63) is 6.42 Å². The number of carbonyl (C=O) groups excluding carboxylic acids is 1. The third-order valence-electron chi connectivity index (χ3n) is 10.9. The van der Waals surface area contributed by atoms with Gasteiger partial charge in [0.25, 0.3) is 0 Å². The van der Waals surface area contributed by atoms with Gasteiger partial charge in [-0.1, -0.05) is 41.5 Å². The molecule has 3 saturated carbocycles. The summed E-state index contributed by atoms with van der Waals surface area (Å²) in [6.45, 7) is 12.8. The summed E-state index contributed by atoms with van der Waals surface area (Å²) < 4.78 is 6.19. The molecule has 4 unspecified atom stereocenters. The van der Waals surface area contributed by atoms with E-state index in [1.807, 2.05) is 13.3 Å². The summed E-state index contributed by atoms with van der Waals surface area (Å²) in [7, 11) is 0. The molecule has 1 heterocycles. The van der Waals surface area contributed by atoms with Crippen LogP contribution in [0.2, 0.25) is 0 Å². The fourth-order valence-corrected chi connectivity index (χ4v) is 8.33. The number of aliphatic hydroxyl groups is 3. The van der Waals surface area contributed by atoms with Gasteiger partial charge in [-0.3, -0.25) is 4.79 Å². The Morgan fingerprint density at radius 2 is 1.66 bits per heavy atom. The number of rotatable bonds is 5. The van der Waals surface area contributed by atoms with Gasteiger partial charge in [0, 0.05) is 11.8 Å².